The summed E-state index contributed by atoms with van der Waals surface area (Å²) in [6.45, 7) is 9.98. The molecule has 2 rings (SSSR count). The van der Waals surface area contributed by atoms with Gasteiger partial charge in [0.1, 0.15) is 11.4 Å². The maximum absolute atomic E-state index is 13.0. The van der Waals surface area contributed by atoms with Crippen molar-refractivity contribution in [3.8, 4) is 5.75 Å². The first-order valence-electron chi connectivity index (χ1n) is 9.26. The van der Waals surface area contributed by atoms with Gasteiger partial charge in [-0.1, -0.05) is 86.0 Å². The van der Waals surface area contributed by atoms with Gasteiger partial charge in [0.2, 0.25) is 0 Å². The second-order valence-electron chi connectivity index (χ2n) is 7.88. The van der Waals surface area contributed by atoms with Crippen LogP contribution in [0.25, 0.3) is 0 Å². The number of esters is 1. The molecule has 0 aromatic heterocycles. The molecule has 1 N–H and O–H groups in total. The summed E-state index contributed by atoms with van der Waals surface area (Å²) < 4.78 is 5.96. The predicted molar refractivity (Wildman–Crippen MR) is 132 cm³/mol. The number of hydrogen-bond donors (Lipinski definition) is 1. The van der Waals surface area contributed by atoms with E-state index in [1.54, 1.807) is 12.1 Å². The Morgan fingerprint density at radius 2 is 1.43 bits per heavy atom. The van der Waals surface area contributed by atoms with Gasteiger partial charge in [-0.25, -0.2) is 0 Å². The van der Waals surface area contributed by atoms with Gasteiger partial charge in [-0.3, -0.25) is 4.79 Å². The van der Waals surface area contributed by atoms with Crippen LogP contribution in [-0.4, -0.2) is 11.1 Å². The summed E-state index contributed by atoms with van der Waals surface area (Å²) >= 11 is 0. The molecule has 2 aromatic carbocycles. The van der Waals surface area contributed by atoms with Crippen molar-refractivity contribution in [1.29, 1.82) is 0 Å². The van der Waals surface area contributed by atoms with E-state index in [2.05, 4.69) is 6.92 Å². The number of phenolic OH excluding ortho intramolecular Hbond substituents is 1. The molecule has 0 aliphatic carbocycles. The Morgan fingerprint density at radius 3 is 1.90 bits per heavy atom. The number of hydrogen-bond acceptors (Lipinski definition) is 3. The van der Waals surface area contributed by atoms with Gasteiger partial charge < -0.3 is 9.84 Å². The number of ether oxygens (including phenoxy) is 1. The van der Waals surface area contributed by atoms with E-state index < -0.39 is 11.0 Å². The van der Waals surface area contributed by atoms with Crippen molar-refractivity contribution >= 4 is 5.97 Å². The molecule has 172 valence electrons. The zero-order valence-corrected chi connectivity index (χ0v) is 16.5. The molecule has 0 saturated heterocycles. The lowest BCUT2D eigenvalue weighted by Crippen LogP contribution is -2.36. The van der Waals surface area contributed by atoms with Crippen LogP contribution in [0.15, 0.2) is 54.6 Å². The third kappa shape index (κ3) is 7.85. The summed E-state index contributed by atoms with van der Waals surface area (Å²) in [6.07, 6.45) is 1.40. The monoisotopic (exact) mass is 418 g/mol. The standard InChI is InChI=1S/C23H30O3.4CH4/c1-6-23(5,16-17(2)18-12-14-20(24)15-13-18)21(25)26-22(3,4)19-10-8-7-9-11-19;;;;/h7-15,17,24H,6,16H2,1-5H3;4*1H4. The van der Waals surface area contributed by atoms with Crippen LogP contribution in [0.3, 0.4) is 0 Å². The Balaban J connectivity index is -0.00000182. The van der Waals surface area contributed by atoms with Gasteiger partial charge >= 0.3 is 5.97 Å². The van der Waals surface area contributed by atoms with Gasteiger partial charge in [-0.2, -0.15) is 0 Å². The fraction of sp³-hybridized carbons (Fsp3) is 0.519. The first kappa shape index (κ1) is 32.4. The maximum atomic E-state index is 13.0. The molecule has 30 heavy (non-hydrogen) atoms. The smallest absolute Gasteiger partial charge is 0.312 e. The summed E-state index contributed by atoms with van der Waals surface area (Å²) in [5.41, 5.74) is 0.857. The normalized spacial score (nSPS) is 13.1. The third-order valence-electron chi connectivity index (χ3n) is 5.31. The summed E-state index contributed by atoms with van der Waals surface area (Å²) in [6, 6.07) is 17.0. The summed E-state index contributed by atoms with van der Waals surface area (Å²) in [4.78, 5) is 13.0. The Morgan fingerprint density at radius 1 is 0.933 bits per heavy atom. The van der Waals surface area contributed by atoms with E-state index in [1.165, 1.54) is 0 Å². The molecule has 3 heteroatoms. The zero-order valence-electron chi connectivity index (χ0n) is 16.5. The summed E-state index contributed by atoms with van der Waals surface area (Å²) in [5, 5.41) is 9.47. The Hall–Kier alpha value is -2.29. The van der Waals surface area contributed by atoms with Crippen molar-refractivity contribution in [3.05, 3.63) is 65.7 Å². The molecule has 0 spiro atoms. The van der Waals surface area contributed by atoms with Crippen LogP contribution in [0.1, 0.15) is 94.2 Å². The van der Waals surface area contributed by atoms with Crippen molar-refractivity contribution in [2.24, 2.45) is 5.41 Å². The molecule has 0 amide bonds. The minimum atomic E-state index is -0.670. The molecule has 0 bridgehead atoms. The highest BCUT2D eigenvalue weighted by atomic mass is 16.6. The van der Waals surface area contributed by atoms with Crippen LogP contribution < -0.4 is 0 Å². The van der Waals surface area contributed by atoms with E-state index in [-0.39, 0.29) is 47.3 Å². The maximum Gasteiger partial charge on any atom is 0.312 e. The number of rotatable bonds is 7. The minimum absolute atomic E-state index is 0. The second-order valence-corrected chi connectivity index (χ2v) is 7.88. The molecular weight excluding hydrogens is 372 g/mol. The third-order valence-corrected chi connectivity index (χ3v) is 5.31. The molecule has 0 fully saturated rings. The highest BCUT2D eigenvalue weighted by molar-refractivity contribution is 5.77. The van der Waals surface area contributed by atoms with Crippen LogP contribution in [-0.2, 0) is 15.1 Å². The highest BCUT2D eigenvalue weighted by Gasteiger charge is 2.38. The predicted octanol–water partition coefficient (Wildman–Crippen LogP) is 8.33. The molecule has 2 unspecified atom stereocenters. The van der Waals surface area contributed by atoms with Crippen molar-refractivity contribution in [1.82, 2.24) is 0 Å². The quantitative estimate of drug-likeness (QED) is 0.460. The van der Waals surface area contributed by atoms with Gasteiger partial charge in [-0.05, 0) is 62.8 Å². The Bertz CT molecular complexity index is 720. The van der Waals surface area contributed by atoms with Crippen molar-refractivity contribution in [3.63, 3.8) is 0 Å². The number of aromatic hydroxyl groups is 1. The van der Waals surface area contributed by atoms with E-state index >= 15 is 0 Å². The lowest BCUT2D eigenvalue weighted by atomic mass is 9.77. The average molecular weight is 419 g/mol. The Kier molecular flexibility index (Phi) is 14.1. The van der Waals surface area contributed by atoms with E-state index in [1.807, 2.05) is 70.2 Å². The SMILES string of the molecule is C.C.C.C.CCC(C)(CC(C)c1ccc(O)cc1)C(=O)OC(C)(C)c1ccccc1. The fourth-order valence-electron chi connectivity index (χ4n) is 3.22. The summed E-state index contributed by atoms with van der Waals surface area (Å²) in [5.74, 6) is 0.274. The summed E-state index contributed by atoms with van der Waals surface area (Å²) in [7, 11) is 0. The first-order chi connectivity index (χ1) is 12.2. The molecule has 0 radical (unpaired) electrons. The molecule has 3 nitrogen and oxygen atoms in total. The van der Waals surface area contributed by atoms with Crippen molar-refractivity contribution < 1.29 is 14.6 Å². The van der Waals surface area contributed by atoms with Gasteiger partial charge in [-0.15, -0.1) is 0 Å². The molecule has 0 aliphatic rings. The average Bonchev–Trinajstić information content (AvgIpc) is 2.62. The Labute approximate surface area is 186 Å². The van der Waals surface area contributed by atoms with E-state index in [0.29, 0.717) is 12.8 Å². The lowest BCUT2D eigenvalue weighted by molar-refractivity contribution is -0.170. The second kappa shape index (κ2) is 13.1. The topological polar surface area (TPSA) is 46.5 Å². The van der Waals surface area contributed by atoms with E-state index in [0.717, 1.165) is 11.1 Å². The number of carbonyl (C=O) groups is 1. The van der Waals surface area contributed by atoms with Crippen LogP contribution in [0.5, 0.6) is 5.75 Å². The van der Waals surface area contributed by atoms with Crippen LogP contribution in [0.4, 0.5) is 0 Å². The molecule has 0 heterocycles. The molecule has 2 atom stereocenters. The minimum Gasteiger partial charge on any atom is -0.508 e. The van der Waals surface area contributed by atoms with Crippen LogP contribution in [0, 0.1) is 5.41 Å². The number of phenols is 1. The van der Waals surface area contributed by atoms with Crippen molar-refractivity contribution in [2.75, 3.05) is 0 Å². The number of benzene rings is 2. The van der Waals surface area contributed by atoms with E-state index in [4.69, 9.17) is 4.74 Å². The molecule has 0 aliphatic heterocycles. The van der Waals surface area contributed by atoms with E-state index in [9.17, 15) is 9.90 Å². The molecule has 0 saturated carbocycles. The van der Waals surface area contributed by atoms with Crippen molar-refractivity contribution in [2.45, 2.75) is 88.7 Å². The van der Waals surface area contributed by atoms with Gasteiger partial charge in [0.15, 0.2) is 0 Å². The van der Waals surface area contributed by atoms with Gasteiger partial charge in [0.05, 0.1) is 5.41 Å². The fourth-order valence-corrected chi connectivity index (χ4v) is 3.22. The largest absolute Gasteiger partial charge is 0.508 e. The lowest BCUT2D eigenvalue weighted by Gasteiger charge is -2.34. The van der Waals surface area contributed by atoms with Gasteiger partial charge in [0.25, 0.3) is 0 Å². The highest BCUT2D eigenvalue weighted by Crippen LogP contribution is 2.38. The van der Waals surface area contributed by atoms with Crippen LogP contribution >= 0.6 is 0 Å². The number of carbonyl (C=O) groups excluding carboxylic acids is 1. The molecule has 2 aromatic rings. The molecular formula is C27H46O3. The zero-order chi connectivity index (χ0) is 19.4. The first-order valence-corrected chi connectivity index (χ1v) is 9.26. The van der Waals surface area contributed by atoms with Crippen LogP contribution in [0.2, 0.25) is 0 Å². The van der Waals surface area contributed by atoms with Gasteiger partial charge in [0, 0.05) is 0 Å².